The molecule has 0 radical (unpaired) electrons. The fourth-order valence-corrected chi connectivity index (χ4v) is 8.38. The second kappa shape index (κ2) is 33.2. The third kappa shape index (κ3) is 22.2. The van der Waals surface area contributed by atoms with Crippen molar-refractivity contribution in [2.24, 2.45) is 41.1 Å². The first-order chi connectivity index (χ1) is 35.4. The van der Waals surface area contributed by atoms with Crippen molar-refractivity contribution < 1.29 is 72.9 Å². The number of nitrogens with two attached hydrogens (primary N) is 2. The highest BCUT2D eigenvalue weighted by molar-refractivity contribution is 7.80. The Bertz CT molecular complexity index is 2050. The SMILES string of the molecule is CC[C@H](C)[C@H](NC(=O)[C@H](CO)NC(=O)[C@H](CC(C)C)NC(=O)[C@@H](NC(=O)[C@@H]1CCCN1C(=O)[C@H](CS)NC(=O)[C@@H](NC(=O)[C@@H](N)CCC(=O)O)[C@@H](C)CC)C(C)C)C(=O)N[C@@H](CC(C)C)C(=O)N[C@@H](CC(N)=O)C(=O)O. The van der Waals surface area contributed by atoms with Gasteiger partial charge in [-0.15, -0.1) is 0 Å². The van der Waals surface area contributed by atoms with E-state index in [4.69, 9.17) is 16.6 Å². The smallest absolute Gasteiger partial charge is 0.326 e. The van der Waals surface area contributed by atoms with Crippen LogP contribution in [-0.4, -0.2) is 171 Å². The molecule has 432 valence electrons. The minimum Gasteiger partial charge on any atom is -0.481 e. The van der Waals surface area contributed by atoms with Crippen LogP contribution in [0.1, 0.15) is 127 Å². The number of aliphatic carboxylic acids is 2. The van der Waals surface area contributed by atoms with Crippen molar-refractivity contribution in [3.8, 4) is 0 Å². The number of nitrogens with one attached hydrogen (secondary N) is 8. The predicted molar refractivity (Wildman–Crippen MR) is 280 cm³/mol. The molecule has 0 aromatic rings. The van der Waals surface area contributed by atoms with Crippen molar-refractivity contribution in [2.75, 3.05) is 18.9 Å². The quantitative estimate of drug-likeness (QED) is 0.0303. The van der Waals surface area contributed by atoms with Crippen molar-refractivity contribution in [1.29, 1.82) is 0 Å². The van der Waals surface area contributed by atoms with Gasteiger partial charge in [0.05, 0.1) is 19.1 Å². The summed E-state index contributed by atoms with van der Waals surface area (Å²) in [5.41, 5.74) is 11.0. The van der Waals surface area contributed by atoms with E-state index in [2.05, 4.69) is 55.2 Å². The average Bonchev–Trinajstić information content (AvgIpc) is 3.84. The number of carbonyl (C=O) groups is 12. The average molecular weight is 1100 g/mol. The molecule has 76 heavy (non-hydrogen) atoms. The topological polar surface area (TPSA) is 417 Å². The number of rotatable bonds is 34. The van der Waals surface area contributed by atoms with Gasteiger partial charge in [-0.3, -0.25) is 52.7 Å². The molecule has 10 amide bonds. The molecule has 1 saturated heterocycles. The van der Waals surface area contributed by atoms with Crippen LogP contribution < -0.4 is 54.0 Å². The number of aliphatic hydroxyl groups is 1. The number of carboxylic acid groups (broad SMARTS) is 2. The summed E-state index contributed by atoms with van der Waals surface area (Å²) < 4.78 is 0. The van der Waals surface area contributed by atoms with E-state index in [1.165, 1.54) is 4.90 Å². The predicted octanol–water partition coefficient (Wildman–Crippen LogP) is -2.23. The molecular weight excluding hydrogens is 1010 g/mol. The zero-order valence-corrected chi connectivity index (χ0v) is 46.3. The molecule has 1 rings (SSSR count). The Morgan fingerprint density at radius 1 is 0.592 bits per heavy atom. The summed E-state index contributed by atoms with van der Waals surface area (Å²) in [7, 11) is 0. The van der Waals surface area contributed by atoms with Gasteiger partial charge in [0.1, 0.15) is 54.4 Å². The summed E-state index contributed by atoms with van der Waals surface area (Å²) in [5.74, 6) is -13.2. The summed E-state index contributed by atoms with van der Waals surface area (Å²) in [6.07, 6.45) is 0.136. The second-order valence-corrected chi connectivity index (χ2v) is 21.0. The van der Waals surface area contributed by atoms with Crippen LogP contribution in [-0.2, 0) is 57.5 Å². The Hall–Kier alpha value is -6.09. The minimum atomic E-state index is -1.68. The molecule has 0 aromatic carbocycles. The van der Waals surface area contributed by atoms with E-state index < -0.39 is 162 Å². The molecule has 1 fully saturated rings. The molecule has 0 spiro atoms. The number of primary amides is 1. The van der Waals surface area contributed by atoms with Crippen LogP contribution >= 0.6 is 12.6 Å². The molecule has 0 bridgehead atoms. The van der Waals surface area contributed by atoms with Gasteiger partial charge in [-0.05, 0) is 61.7 Å². The van der Waals surface area contributed by atoms with E-state index in [0.29, 0.717) is 19.3 Å². The van der Waals surface area contributed by atoms with Crippen LogP contribution in [0.5, 0.6) is 0 Å². The van der Waals surface area contributed by atoms with E-state index in [-0.39, 0.29) is 56.2 Å². The van der Waals surface area contributed by atoms with Crippen LogP contribution in [0.3, 0.4) is 0 Å². The third-order valence-corrected chi connectivity index (χ3v) is 13.4. The van der Waals surface area contributed by atoms with Crippen molar-refractivity contribution in [3.05, 3.63) is 0 Å². The summed E-state index contributed by atoms with van der Waals surface area (Å²) in [4.78, 5) is 159. The Labute approximate surface area is 450 Å². The van der Waals surface area contributed by atoms with E-state index in [9.17, 15) is 67.7 Å². The lowest BCUT2D eigenvalue weighted by Gasteiger charge is -2.32. The van der Waals surface area contributed by atoms with Gasteiger partial charge in [0.25, 0.3) is 0 Å². The van der Waals surface area contributed by atoms with Gasteiger partial charge >= 0.3 is 11.9 Å². The summed E-state index contributed by atoms with van der Waals surface area (Å²) >= 11 is 4.30. The molecule has 1 heterocycles. The number of likely N-dealkylation sites (tertiary alicyclic amines) is 1. The van der Waals surface area contributed by atoms with Gasteiger partial charge in [0, 0.05) is 18.7 Å². The molecule has 15 N–H and O–H groups in total. The number of amides is 10. The monoisotopic (exact) mass is 1100 g/mol. The van der Waals surface area contributed by atoms with Crippen LogP contribution in [0.4, 0.5) is 0 Å². The number of thiol groups is 1. The van der Waals surface area contributed by atoms with Crippen molar-refractivity contribution in [1.82, 2.24) is 47.4 Å². The van der Waals surface area contributed by atoms with E-state index in [0.717, 1.165) is 0 Å². The maximum Gasteiger partial charge on any atom is 0.326 e. The number of hydrogen-bond donors (Lipinski definition) is 14. The van der Waals surface area contributed by atoms with Crippen LogP contribution in [0.2, 0.25) is 0 Å². The fraction of sp³-hybridized carbons (Fsp3) is 0.755. The van der Waals surface area contributed by atoms with Gasteiger partial charge in [0.15, 0.2) is 0 Å². The highest BCUT2D eigenvalue weighted by atomic mass is 32.1. The molecule has 12 atom stereocenters. The lowest BCUT2D eigenvalue weighted by atomic mass is 9.96. The Morgan fingerprint density at radius 2 is 1.03 bits per heavy atom. The van der Waals surface area contributed by atoms with Crippen molar-refractivity contribution >= 4 is 83.6 Å². The van der Waals surface area contributed by atoms with Gasteiger partial charge < -0.3 is 74.2 Å². The molecule has 0 aromatic heterocycles. The maximum absolute atomic E-state index is 14.1. The van der Waals surface area contributed by atoms with Crippen LogP contribution in [0, 0.1) is 29.6 Å². The third-order valence-electron chi connectivity index (χ3n) is 13.0. The summed E-state index contributed by atoms with van der Waals surface area (Å²) in [6.45, 7) is 16.3. The second-order valence-electron chi connectivity index (χ2n) is 20.6. The number of aliphatic hydroxyl groups excluding tert-OH is 1. The first-order valence-electron chi connectivity index (χ1n) is 25.9. The normalized spacial score (nSPS) is 17.7. The molecule has 26 nitrogen and oxygen atoms in total. The molecule has 0 saturated carbocycles. The lowest BCUT2D eigenvalue weighted by Crippen LogP contribution is -2.62. The van der Waals surface area contributed by atoms with Gasteiger partial charge in [-0.2, -0.15) is 12.6 Å². The van der Waals surface area contributed by atoms with Gasteiger partial charge in [-0.25, -0.2) is 4.79 Å². The van der Waals surface area contributed by atoms with E-state index in [1.54, 1.807) is 69.2 Å². The number of carboxylic acids is 2. The first-order valence-corrected chi connectivity index (χ1v) is 26.5. The Kier molecular flexibility index (Phi) is 29.6. The Morgan fingerprint density at radius 3 is 1.43 bits per heavy atom. The fourth-order valence-electron chi connectivity index (χ4n) is 8.13. The van der Waals surface area contributed by atoms with E-state index >= 15 is 0 Å². The standard InChI is InChI=1S/C49H85N11O15S/c1-11-26(9)38(58-40(65)28(50)15-16-36(63)64)47(72)56-33(22-76)48(73)60-17-13-14-34(60)44(69)57-37(25(7)8)45(70)52-30(19-24(5)6)42(67)55-32(21-61)43(68)59-39(27(10)12-2)46(71)53-29(18-23(3)4)41(66)54-31(49(74)75)20-35(51)62/h23-34,37-39,61,76H,11-22,50H2,1-10H3,(H2,51,62)(H,52,70)(H,53,71)(H,54,66)(H,55,67)(H,56,72)(H,57,69)(H,58,65)(H,59,68)(H,63,64)(H,74,75)/t26-,27-,28-,29-,30-,31-,32-,33-,34-,37-,38-,39-/m0/s1. The molecular formula is C49H85N11O15S. The maximum atomic E-state index is 14.1. The zero-order chi connectivity index (χ0) is 58.3. The minimum absolute atomic E-state index is 0.0241. The Balaban J connectivity index is 3.28. The summed E-state index contributed by atoms with van der Waals surface area (Å²) in [5, 5.41) is 49.2. The number of nitrogens with zero attached hydrogens (tertiary/aromatic N) is 1. The summed E-state index contributed by atoms with van der Waals surface area (Å²) in [6, 6.07) is -13.3. The molecule has 27 heteroatoms. The van der Waals surface area contributed by atoms with Crippen LogP contribution in [0.25, 0.3) is 0 Å². The van der Waals surface area contributed by atoms with Crippen LogP contribution in [0.15, 0.2) is 0 Å². The first kappa shape index (κ1) is 67.9. The number of hydrogen-bond acceptors (Lipinski definition) is 15. The van der Waals surface area contributed by atoms with Crippen molar-refractivity contribution in [3.63, 3.8) is 0 Å². The molecule has 0 aliphatic carbocycles. The largest absolute Gasteiger partial charge is 0.481 e. The van der Waals surface area contributed by atoms with Crippen molar-refractivity contribution in [2.45, 2.75) is 187 Å². The van der Waals surface area contributed by atoms with Gasteiger partial charge in [-0.1, -0.05) is 82.1 Å². The zero-order valence-electron chi connectivity index (χ0n) is 45.4. The lowest BCUT2D eigenvalue weighted by molar-refractivity contribution is -0.144. The van der Waals surface area contributed by atoms with E-state index in [1.807, 2.05) is 0 Å². The molecule has 1 aliphatic rings. The highest BCUT2D eigenvalue weighted by Crippen LogP contribution is 2.21. The highest BCUT2D eigenvalue weighted by Gasteiger charge is 2.41. The number of carbonyl (C=O) groups excluding carboxylic acids is 10. The molecule has 1 aliphatic heterocycles. The van der Waals surface area contributed by atoms with Gasteiger partial charge in [0.2, 0.25) is 59.1 Å². The molecule has 0 unspecified atom stereocenters.